The Morgan fingerprint density at radius 2 is 1.86 bits per heavy atom. The summed E-state index contributed by atoms with van der Waals surface area (Å²) in [5.74, 6) is -6.34. The van der Waals surface area contributed by atoms with Crippen LogP contribution in [0, 0.1) is 0 Å². The van der Waals surface area contributed by atoms with Crippen LogP contribution in [0.5, 0.6) is 0 Å². The topological polar surface area (TPSA) is 30.7 Å². The van der Waals surface area contributed by atoms with Crippen LogP contribution < -0.4 is 0 Å². The molecule has 0 bridgehead atoms. The first-order valence-electron chi connectivity index (χ1n) is 3.63. The lowest BCUT2D eigenvalue weighted by Gasteiger charge is -2.18. The van der Waals surface area contributed by atoms with Crippen molar-refractivity contribution in [1.82, 2.24) is 14.8 Å². The van der Waals surface area contributed by atoms with Crippen LogP contribution in [0.15, 0.2) is 6.33 Å². The van der Waals surface area contributed by atoms with Crippen molar-refractivity contribution >= 4 is 0 Å². The number of hydrogen-bond donors (Lipinski definition) is 0. The van der Waals surface area contributed by atoms with Gasteiger partial charge in [-0.15, -0.1) is 10.2 Å². The van der Waals surface area contributed by atoms with E-state index in [1.165, 1.54) is 6.92 Å². The van der Waals surface area contributed by atoms with Crippen LogP contribution in [0.2, 0.25) is 0 Å². The van der Waals surface area contributed by atoms with Crippen LogP contribution >= 0.6 is 0 Å². The third-order valence-electron chi connectivity index (χ3n) is 1.59. The molecule has 0 aliphatic heterocycles. The van der Waals surface area contributed by atoms with Crippen LogP contribution in [0.25, 0.3) is 0 Å². The minimum Gasteiger partial charge on any atom is -0.312 e. The Morgan fingerprint density at radius 3 is 2.29 bits per heavy atom. The number of aromatic nitrogens is 3. The van der Waals surface area contributed by atoms with Crippen molar-refractivity contribution in [2.45, 2.75) is 25.6 Å². The molecule has 0 spiro atoms. The van der Waals surface area contributed by atoms with Crippen molar-refractivity contribution in [1.29, 1.82) is 0 Å². The molecule has 0 fully saturated rings. The van der Waals surface area contributed by atoms with Crippen LogP contribution in [0.3, 0.4) is 0 Å². The van der Waals surface area contributed by atoms with E-state index < -0.39 is 17.9 Å². The Morgan fingerprint density at radius 1 is 1.29 bits per heavy atom. The van der Waals surface area contributed by atoms with Gasteiger partial charge in [0, 0.05) is 6.54 Å². The van der Waals surface area contributed by atoms with E-state index in [0.29, 0.717) is 4.57 Å². The first kappa shape index (κ1) is 10.9. The second-order valence-electron chi connectivity index (χ2n) is 2.51. The van der Waals surface area contributed by atoms with E-state index >= 15 is 0 Å². The molecule has 0 aliphatic carbocycles. The zero-order chi connectivity index (χ0) is 11.0. The van der Waals surface area contributed by atoms with Crippen molar-refractivity contribution in [2.24, 2.45) is 0 Å². The molecule has 0 saturated heterocycles. The maximum Gasteiger partial charge on any atom is 0.461 e. The summed E-state index contributed by atoms with van der Waals surface area (Å²) in [6.45, 7) is 1.37. The largest absolute Gasteiger partial charge is 0.461 e. The highest BCUT2D eigenvalue weighted by atomic mass is 19.4. The summed E-state index contributed by atoms with van der Waals surface area (Å²) in [5, 5.41) is 5.77. The predicted molar refractivity (Wildman–Crippen MR) is 35.6 cm³/mol. The van der Waals surface area contributed by atoms with Crippen LogP contribution in [0.1, 0.15) is 12.7 Å². The summed E-state index contributed by atoms with van der Waals surface area (Å²) in [4.78, 5) is 0. The van der Waals surface area contributed by atoms with Crippen molar-refractivity contribution in [2.75, 3.05) is 0 Å². The zero-order valence-corrected chi connectivity index (χ0v) is 7.02. The Hall–Kier alpha value is -1.21. The first-order valence-corrected chi connectivity index (χ1v) is 3.63. The number of rotatable bonds is 2. The fourth-order valence-electron chi connectivity index (χ4n) is 0.856. The van der Waals surface area contributed by atoms with Crippen molar-refractivity contribution in [3.8, 4) is 0 Å². The van der Waals surface area contributed by atoms with Gasteiger partial charge in [0.2, 0.25) is 5.82 Å². The fraction of sp³-hybridized carbons (Fsp3) is 0.667. The normalized spacial score (nSPS) is 13.3. The average Bonchev–Trinajstić information content (AvgIpc) is 2.49. The van der Waals surface area contributed by atoms with E-state index in [1.807, 2.05) is 0 Å². The molecule has 3 nitrogen and oxygen atoms in total. The summed E-state index contributed by atoms with van der Waals surface area (Å²) in [6.07, 6.45) is -4.82. The van der Waals surface area contributed by atoms with Crippen LogP contribution in [-0.2, 0) is 12.5 Å². The average molecular weight is 215 g/mol. The van der Waals surface area contributed by atoms with Gasteiger partial charge in [0.1, 0.15) is 6.33 Å². The summed E-state index contributed by atoms with van der Waals surface area (Å²) >= 11 is 0. The maximum absolute atomic E-state index is 12.7. The Kier molecular flexibility index (Phi) is 2.47. The molecule has 0 aromatic carbocycles. The van der Waals surface area contributed by atoms with Gasteiger partial charge < -0.3 is 4.57 Å². The minimum absolute atomic E-state index is 0.0476. The number of aryl methyl sites for hydroxylation is 1. The Bertz CT molecular complexity index is 316. The van der Waals surface area contributed by atoms with Gasteiger partial charge in [-0.25, -0.2) is 0 Å². The summed E-state index contributed by atoms with van der Waals surface area (Å²) in [5.41, 5.74) is 0. The molecule has 0 unspecified atom stereocenters. The van der Waals surface area contributed by atoms with Crippen molar-refractivity contribution in [3.05, 3.63) is 12.2 Å². The van der Waals surface area contributed by atoms with Crippen molar-refractivity contribution < 1.29 is 22.0 Å². The van der Waals surface area contributed by atoms with E-state index in [-0.39, 0.29) is 6.54 Å². The molecule has 0 amide bonds. The molecular weight excluding hydrogens is 209 g/mol. The van der Waals surface area contributed by atoms with Gasteiger partial charge in [0.25, 0.3) is 0 Å². The number of nitrogens with zero attached hydrogens (tertiary/aromatic N) is 3. The summed E-state index contributed by atoms with van der Waals surface area (Å²) in [7, 11) is 0. The van der Waals surface area contributed by atoms with Gasteiger partial charge in [-0.3, -0.25) is 0 Å². The van der Waals surface area contributed by atoms with E-state index in [2.05, 4.69) is 10.2 Å². The quantitative estimate of drug-likeness (QED) is 0.706. The molecule has 8 heteroatoms. The van der Waals surface area contributed by atoms with Gasteiger partial charge in [-0.05, 0) is 6.92 Å². The van der Waals surface area contributed by atoms with Gasteiger partial charge >= 0.3 is 12.1 Å². The molecule has 0 atom stereocenters. The molecule has 1 aromatic heterocycles. The SMILES string of the molecule is CCn1cnnc1C(F)(F)C(F)(F)F. The van der Waals surface area contributed by atoms with Crippen molar-refractivity contribution in [3.63, 3.8) is 0 Å². The molecule has 1 rings (SSSR count). The lowest BCUT2D eigenvalue weighted by atomic mass is 10.3. The third kappa shape index (κ3) is 1.55. The first-order chi connectivity index (χ1) is 6.30. The van der Waals surface area contributed by atoms with Gasteiger partial charge in [0.05, 0.1) is 0 Å². The minimum atomic E-state index is -5.65. The molecule has 80 valence electrons. The Labute approximate surface area is 75.5 Å². The molecule has 0 N–H and O–H groups in total. The fourth-order valence-corrected chi connectivity index (χ4v) is 0.856. The molecule has 14 heavy (non-hydrogen) atoms. The second kappa shape index (κ2) is 3.18. The Balaban J connectivity index is 3.16. The molecule has 1 heterocycles. The highest BCUT2D eigenvalue weighted by molar-refractivity contribution is 5.00. The number of alkyl halides is 5. The van der Waals surface area contributed by atoms with E-state index in [0.717, 1.165) is 6.33 Å². The molecular formula is C6H6F5N3. The van der Waals surface area contributed by atoms with Gasteiger partial charge in [-0.1, -0.05) is 0 Å². The maximum atomic E-state index is 12.7. The lowest BCUT2D eigenvalue weighted by Crippen LogP contribution is -2.36. The van der Waals surface area contributed by atoms with E-state index in [4.69, 9.17) is 0 Å². The number of hydrogen-bond acceptors (Lipinski definition) is 2. The number of halogens is 5. The van der Waals surface area contributed by atoms with E-state index in [9.17, 15) is 22.0 Å². The van der Waals surface area contributed by atoms with E-state index in [1.54, 1.807) is 0 Å². The summed E-state index contributed by atoms with van der Waals surface area (Å²) in [6, 6.07) is 0. The van der Waals surface area contributed by atoms with Crippen LogP contribution in [0.4, 0.5) is 22.0 Å². The second-order valence-corrected chi connectivity index (χ2v) is 2.51. The monoisotopic (exact) mass is 215 g/mol. The van der Waals surface area contributed by atoms with Gasteiger partial charge in [-0.2, -0.15) is 22.0 Å². The molecule has 0 saturated carbocycles. The molecule has 0 radical (unpaired) electrons. The molecule has 1 aromatic rings. The standard InChI is InChI=1S/C6H6F5N3/c1-2-14-3-12-13-4(14)5(7,8)6(9,10)11/h3H,2H2,1H3. The zero-order valence-electron chi connectivity index (χ0n) is 7.02. The third-order valence-corrected chi connectivity index (χ3v) is 1.59. The van der Waals surface area contributed by atoms with Gasteiger partial charge in [0.15, 0.2) is 0 Å². The highest BCUT2D eigenvalue weighted by Crippen LogP contribution is 2.42. The molecule has 0 aliphatic rings. The predicted octanol–water partition coefficient (Wildman–Crippen LogP) is 1.95. The highest BCUT2D eigenvalue weighted by Gasteiger charge is 2.61. The lowest BCUT2D eigenvalue weighted by molar-refractivity contribution is -0.293. The van der Waals surface area contributed by atoms with Crippen LogP contribution in [-0.4, -0.2) is 20.9 Å². The summed E-state index contributed by atoms with van der Waals surface area (Å²) < 4.78 is 61.7. The smallest absolute Gasteiger partial charge is 0.312 e.